The lowest BCUT2D eigenvalue weighted by molar-refractivity contribution is -0.159. The van der Waals surface area contributed by atoms with Crippen molar-refractivity contribution in [1.29, 1.82) is 0 Å². The van der Waals surface area contributed by atoms with Crippen LogP contribution in [0.5, 0.6) is 17.2 Å². The van der Waals surface area contributed by atoms with Crippen LogP contribution < -0.4 is 9.47 Å². The number of benzene rings is 2. The molecule has 10 heteroatoms. The van der Waals surface area contributed by atoms with E-state index in [1.54, 1.807) is 12.1 Å². The van der Waals surface area contributed by atoms with E-state index in [-0.39, 0.29) is 27.8 Å². The van der Waals surface area contributed by atoms with Crippen LogP contribution in [0, 0.1) is 5.82 Å². The van der Waals surface area contributed by atoms with Crippen LogP contribution >= 0.6 is 11.6 Å². The molecule has 0 aliphatic rings. The monoisotopic (exact) mass is 388 g/mol. The molecular formula is C16H9ClF4N2O3. The number of hydrogen-bond acceptors (Lipinski definition) is 5. The van der Waals surface area contributed by atoms with Crippen LogP contribution in [0.3, 0.4) is 0 Å². The van der Waals surface area contributed by atoms with Crippen LogP contribution in [-0.2, 0) is 6.18 Å². The second kappa shape index (κ2) is 6.83. The Morgan fingerprint density at radius 2 is 1.77 bits per heavy atom. The van der Waals surface area contributed by atoms with E-state index in [1.807, 2.05) is 0 Å². The van der Waals surface area contributed by atoms with Crippen molar-refractivity contribution in [2.24, 2.45) is 0 Å². The highest BCUT2D eigenvalue weighted by Gasteiger charge is 2.38. The van der Waals surface area contributed by atoms with E-state index in [4.69, 9.17) is 21.1 Å². The maximum Gasteiger partial charge on any atom is 0.471 e. The van der Waals surface area contributed by atoms with Crippen LogP contribution in [0.1, 0.15) is 5.89 Å². The standard InChI is InChI=1S/C16H9ClF4N2O3/c1-24-11-7-3-5-9(17)13(11)25-10-6-2-4-8(12(10)18)14-22-15(26-23-14)16(19,20)21/h2-7H,1H3. The third-order valence-corrected chi connectivity index (χ3v) is 3.53. The summed E-state index contributed by atoms with van der Waals surface area (Å²) in [7, 11) is 1.38. The predicted octanol–water partition coefficient (Wildman–Crippen LogP) is 5.35. The van der Waals surface area contributed by atoms with Gasteiger partial charge in [0.15, 0.2) is 23.1 Å². The topological polar surface area (TPSA) is 57.4 Å². The molecule has 136 valence electrons. The van der Waals surface area contributed by atoms with Crippen molar-refractivity contribution in [1.82, 2.24) is 10.1 Å². The summed E-state index contributed by atoms with van der Waals surface area (Å²) in [5, 5.41) is 3.32. The molecule has 0 spiro atoms. The molecule has 0 bridgehead atoms. The SMILES string of the molecule is COc1cccc(Cl)c1Oc1cccc(-c2noc(C(F)(F)F)n2)c1F. The van der Waals surface area contributed by atoms with Crippen LogP contribution in [0.15, 0.2) is 40.9 Å². The van der Waals surface area contributed by atoms with Gasteiger partial charge in [0.25, 0.3) is 0 Å². The van der Waals surface area contributed by atoms with E-state index >= 15 is 0 Å². The lowest BCUT2D eigenvalue weighted by atomic mass is 10.2. The van der Waals surface area contributed by atoms with Gasteiger partial charge in [-0.15, -0.1) is 0 Å². The van der Waals surface area contributed by atoms with Gasteiger partial charge in [0, 0.05) is 0 Å². The third-order valence-electron chi connectivity index (χ3n) is 3.24. The molecule has 1 heterocycles. The summed E-state index contributed by atoms with van der Waals surface area (Å²) in [6.07, 6.45) is -4.83. The number of aromatic nitrogens is 2. The smallest absolute Gasteiger partial charge is 0.471 e. The minimum absolute atomic E-state index is 0.0526. The third kappa shape index (κ3) is 3.43. The number of alkyl halides is 3. The zero-order chi connectivity index (χ0) is 18.9. The molecule has 0 amide bonds. The summed E-state index contributed by atoms with van der Waals surface area (Å²) in [6, 6.07) is 8.50. The molecule has 3 rings (SSSR count). The highest BCUT2D eigenvalue weighted by Crippen LogP contribution is 2.40. The van der Waals surface area contributed by atoms with Gasteiger partial charge in [-0.2, -0.15) is 18.2 Å². The normalized spacial score (nSPS) is 11.5. The molecule has 0 aliphatic heterocycles. The van der Waals surface area contributed by atoms with Crippen molar-refractivity contribution in [2.45, 2.75) is 6.18 Å². The minimum Gasteiger partial charge on any atom is -0.493 e. The van der Waals surface area contributed by atoms with E-state index in [0.717, 1.165) is 0 Å². The fourth-order valence-corrected chi connectivity index (χ4v) is 2.27. The fourth-order valence-electron chi connectivity index (χ4n) is 2.07. The first-order chi connectivity index (χ1) is 12.3. The van der Waals surface area contributed by atoms with Gasteiger partial charge < -0.3 is 14.0 Å². The second-order valence-corrected chi connectivity index (χ2v) is 5.32. The molecule has 0 N–H and O–H groups in total. The van der Waals surface area contributed by atoms with Crippen LogP contribution in [0.4, 0.5) is 17.6 Å². The number of rotatable bonds is 4. The van der Waals surface area contributed by atoms with Gasteiger partial charge in [-0.1, -0.05) is 28.9 Å². The van der Waals surface area contributed by atoms with Gasteiger partial charge in [0.1, 0.15) is 0 Å². The first-order valence-electron chi connectivity index (χ1n) is 7.01. The Morgan fingerprint density at radius 1 is 1.08 bits per heavy atom. The Bertz CT molecular complexity index is 943. The number of methoxy groups -OCH3 is 1. The van der Waals surface area contributed by atoms with Crippen molar-refractivity contribution in [2.75, 3.05) is 7.11 Å². The van der Waals surface area contributed by atoms with E-state index in [2.05, 4.69) is 14.7 Å². The Hall–Kier alpha value is -2.81. The van der Waals surface area contributed by atoms with E-state index in [0.29, 0.717) is 0 Å². The van der Waals surface area contributed by atoms with Gasteiger partial charge in [-0.25, -0.2) is 4.39 Å². The van der Waals surface area contributed by atoms with Crippen LogP contribution in [0.25, 0.3) is 11.4 Å². The highest BCUT2D eigenvalue weighted by atomic mass is 35.5. The average Bonchev–Trinajstić information content (AvgIpc) is 3.08. The van der Waals surface area contributed by atoms with Crippen molar-refractivity contribution in [3.8, 4) is 28.6 Å². The average molecular weight is 389 g/mol. The lowest BCUT2D eigenvalue weighted by Crippen LogP contribution is -2.05. The molecule has 2 aromatic carbocycles. The molecule has 0 radical (unpaired) electrons. The van der Waals surface area contributed by atoms with Crippen molar-refractivity contribution in [3.63, 3.8) is 0 Å². The van der Waals surface area contributed by atoms with E-state index in [9.17, 15) is 17.6 Å². The molecule has 1 aromatic heterocycles. The summed E-state index contributed by atoms with van der Waals surface area (Å²) in [5.74, 6) is -3.12. The zero-order valence-electron chi connectivity index (χ0n) is 13.0. The van der Waals surface area contributed by atoms with Gasteiger partial charge in [-0.05, 0) is 24.3 Å². The van der Waals surface area contributed by atoms with Gasteiger partial charge >= 0.3 is 12.1 Å². The number of ether oxygens (including phenoxy) is 2. The number of nitrogens with zero attached hydrogens (tertiary/aromatic N) is 2. The van der Waals surface area contributed by atoms with Crippen LogP contribution in [0.2, 0.25) is 5.02 Å². The fraction of sp³-hybridized carbons (Fsp3) is 0.125. The first-order valence-corrected chi connectivity index (χ1v) is 7.39. The summed E-state index contributed by atoms with van der Waals surface area (Å²) in [4.78, 5) is 3.16. The molecule has 26 heavy (non-hydrogen) atoms. The van der Waals surface area contributed by atoms with Gasteiger partial charge in [0.2, 0.25) is 5.82 Å². The highest BCUT2D eigenvalue weighted by molar-refractivity contribution is 6.32. The molecular weight excluding hydrogens is 380 g/mol. The molecule has 3 aromatic rings. The Balaban J connectivity index is 2.00. The predicted molar refractivity (Wildman–Crippen MR) is 82.8 cm³/mol. The van der Waals surface area contributed by atoms with Crippen molar-refractivity contribution in [3.05, 3.63) is 53.1 Å². The molecule has 5 nitrogen and oxygen atoms in total. The maximum atomic E-state index is 14.7. The summed E-state index contributed by atoms with van der Waals surface area (Å²) in [6.45, 7) is 0. The van der Waals surface area contributed by atoms with E-state index < -0.39 is 23.7 Å². The Kier molecular flexibility index (Phi) is 4.73. The second-order valence-electron chi connectivity index (χ2n) is 4.91. The molecule has 0 unspecified atom stereocenters. The molecule has 0 saturated carbocycles. The minimum atomic E-state index is -4.83. The van der Waals surface area contributed by atoms with Gasteiger partial charge in [0.05, 0.1) is 17.7 Å². The Labute approximate surface area is 149 Å². The quantitative estimate of drug-likeness (QED) is 0.564. The lowest BCUT2D eigenvalue weighted by Gasteiger charge is -2.13. The number of hydrogen-bond donors (Lipinski definition) is 0. The Morgan fingerprint density at radius 3 is 2.42 bits per heavy atom. The van der Waals surface area contributed by atoms with Crippen molar-refractivity contribution < 1.29 is 31.6 Å². The molecule has 0 saturated heterocycles. The van der Waals surface area contributed by atoms with Crippen LogP contribution in [-0.4, -0.2) is 17.3 Å². The summed E-state index contributed by atoms with van der Waals surface area (Å²) < 4.78 is 67.1. The molecule has 0 atom stereocenters. The summed E-state index contributed by atoms with van der Waals surface area (Å²) in [5.41, 5.74) is -0.326. The maximum absolute atomic E-state index is 14.7. The summed E-state index contributed by atoms with van der Waals surface area (Å²) >= 11 is 6.03. The largest absolute Gasteiger partial charge is 0.493 e. The number of para-hydroxylation sites is 1. The molecule has 0 fully saturated rings. The zero-order valence-corrected chi connectivity index (χ0v) is 13.7. The number of halogens is 5. The van der Waals surface area contributed by atoms with Gasteiger partial charge in [-0.3, -0.25) is 0 Å². The van der Waals surface area contributed by atoms with E-state index in [1.165, 1.54) is 31.4 Å². The molecule has 0 aliphatic carbocycles. The first kappa shape index (κ1) is 18.0. The van der Waals surface area contributed by atoms with Crippen molar-refractivity contribution >= 4 is 11.6 Å².